The summed E-state index contributed by atoms with van der Waals surface area (Å²) in [4.78, 5) is 26.8. The fraction of sp³-hybridized carbons (Fsp3) is 0.214. The Labute approximate surface area is 197 Å². The van der Waals surface area contributed by atoms with Crippen LogP contribution in [0.15, 0.2) is 72.8 Å². The van der Waals surface area contributed by atoms with Crippen LogP contribution in [-0.2, 0) is 17.3 Å². The molecule has 1 amide bonds. The summed E-state index contributed by atoms with van der Waals surface area (Å²) in [7, 11) is 0. The van der Waals surface area contributed by atoms with Crippen LogP contribution in [-0.4, -0.2) is 17.0 Å². The summed E-state index contributed by atoms with van der Waals surface area (Å²) in [5.41, 5.74) is 4.32. The molecule has 0 unspecified atom stereocenters. The van der Waals surface area contributed by atoms with Crippen LogP contribution < -0.4 is 4.90 Å². The van der Waals surface area contributed by atoms with Gasteiger partial charge in [-0.2, -0.15) is 0 Å². The highest BCUT2D eigenvalue weighted by atomic mass is 19.3. The summed E-state index contributed by atoms with van der Waals surface area (Å²) >= 11 is 0. The molecule has 0 bridgehead atoms. The lowest BCUT2D eigenvalue weighted by molar-refractivity contribution is -0.113. The van der Waals surface area contributed by atoms with Gasteiger partial charge in [-0.05, 0) is 40.8 Å². The zero-order valence-electron chi connectivity index (χ0n) is 19.2. The lowest BCUT2D eigenvalue weighted by Crippen LogP contribution is -2.26. The molecule has 0 spiro atoms. The number of carboxylic acids is 1. The molecular weight excluding hydrogens is 436 g/mol. The lowest BCUT2D eigenvalue weighted by atomic mass is 9.87. The zero-order valence-corrected chi connectivity index (χ0v) is 19.2. The summed E-state index contributed by atoms with van der Waals surface area (Å²) in [6.45, 7) is 5.02. The van der Waals surface area contributed by atoms with Crippen molar-refractivity contribution in [2.75, 3.05) is 4.90 Å². The minimum absolute atomic E-state index is 0.0460. The van der Waals surface area contributed by atoms with Gasteiger partial charge in [-0.25, -0.2) is 13.6 Å². The second-order valence-corrected chi connectivity index (χ2v) is 8.82. The van der Waals surface area contributed by atoms with Gasteiger partial charge >= 0.3 is 5.97 Å². The van der Waals surface area contributed by atoms with Crippen LogP contribution in [0.3, 0.4) is 0 Å². The Balaban J connectivity index is 1.82. The van der Waals surface area contributed by atoms with Crippen molar-refractivity contribution in [3.63, 3.8) is 0 Å². The van der Waals surface area contributed by atoms with E-state index in [1.54, 1.807) is 35.2 Å². The molecule has 1 heterocycles. The van der Waals surface area contributed by atoms with E-state index in [9.17, 15) is 23.5 Å². The Kier molecular flexibility index (Phi) is 6.09. The van der Waals surface area contributed by atoms with Crippen molar-refractivity contribution in [2.45, 2.75) is 33.2 Å². The minimum atomic E-state index is -2.94. The number of nitrogens with zero attached hydrogens (tertiary/aromatic N) is 1. The third kappa shape index (κ3) is 4.36. The average Bonchev–Trinajstić information content (AvgIpc) is 3.05. The number of alkyl halides is 2. The number of carbonyl (C=O) groups is 2. The molecule has 0 fully saturated rings. The maximum Gasteiger partial charge on any atom is 0.335 e. The van der Waals surface area contributed by atoms with Crippen LogP contribution in [0.25, 0.3) is 11.1 Å². The van der Waals surface area contributed by atoms with E-state index in [1.807, 2.05) is 38.1 Å². The largest absolute Gasteiger partial charge is 0.478 e. The van der Waals surface area contributed by atoms with Crippen LogP contribution in [0.5, 0.6) is 0 Å². The maximum atomic E-state index is 13.8. The number of carboxylic acid groups (broad SMARTS) is 1. The normalized spacial score (nSPS) is 15.0. The standard InChI is InChI=1S/C28H25F2NO3/c1-17(2)24(19-11-13-21(14-12-19)28(3,29)30)25-22-9-4-5-10-23(22)31(26(25)32)16-18-7-6-8-20(15-18)27(33)34/h4-15,17H,16H2,1-3H3,(H,33,34)/b25-24+. The summed E-state index contributed by atoms with van der Waals surface area (Å²) in [5, 5.41) is 9.32. The molecule has 3 aromatic carbocycles. The first-order valence-electron chi connectivity index (χ1n) is 11.0. The molecule has 0 saturated heterocycles. The lowest BCUT2D eigenvalue weighted by Gasteiger charge is -2.19. The van der Waals surface area contributed by atoms with E-state index in [-0.39, 0.29) is 29.5 Å². The van der Waals surface area contributed by atoms with Gasteiger partial charge in [0, 0.05) is 18.1 Å². The third-order valence-electron chi connectivity index (χ3n) is 5.99. The second kappa shape index (κ2) is 8.86. The van der Waals surface area contributed by atoms with Crippen LogP contribution in [0.4, 0.5) is 14.5 Å². The SMILES string of the molecule is CC(C)/C(=C1\C(=O)N(Cc2cccc(C(=O)O)c2)c2ccccc21)c1ccc(C(C)(F)F)cc1. The molecular formula is C28H25F2NO3. The number of para-hydroxylation sites is 1. The van der Waals surface area contributed by atoms with Crippen molar-refractivity contribution in [1.82, 2.24) is 0 Å². The number of halogens is 2. The predicted molar refractivity (Wildman–Crippen MR) is 129 cm³/mol. The van der Waals surface area contributed by atoms with Gasteiger partial charge in [-0.3, -0.25) is 4.79 Å². The van der Waals surface area contributed by atoms with Gasteiger partial charge in [-0.1, -0.05) is 68.4 Å². The molecule has 0 aliphatic carbocycles. The Morgan fingerprint density at radius 1 is 0.971 bits per heavy atom. The fourth-order valence-corrected chi connectivity index (χ4v) is 4.39. The van der Waals surface area contributed by atoms with Crippen LogP contribution in [0.2, 0.25) is 0 Å². The van der Waals surface area contributed by atoms with E-state index >= 15 is 0 Å². The third-order valence-corrected chi connectivity index (χ3v) is 5.99. The molecule has 4 rings (SSSR count). The molecule has 1 aliphatic heterocycles. The molecule has 174 valence electrons. The van der Waals surface area contributed by atoms with Crippen molar-refractivity contribution >= 4 is 28.7 Å². The monoisotopic (exact) mass is 461 g/mol. The minimum Gasteiger partial charge on any atom is -0.478 e. The second-order valence-electron chi connectivity index (χ2n) is 8.82. The first kappa shape index (κ1) is 23.4. The molecule has 34 heavy (non-hydrogen) atoms. The maximum absolute atomic E-state index is 13.8. The highest BCUT2D eigenvalue weighted by molar-refractivity contribution is 6.37. The number of allylic oxidation sites excluding steroid dienone is 1. The van der Waals surface area contributed by atoms with E-state index in [1.165, 1.54) is 18.2 Å². The molecule has 1 aliphatic rings. The smallest absolute Gasteiger partial charge is 0.335 e. The summed E-state index contributed by atoms with van der Waals surface area (Å²) in [6, 6.07) is 20.1. The number of hydrogen-bond acceptors (Lipinski definition) is 2. The van der Waals surface area contributed by atoms with Crippen LogP contribution in [0, 0.1) is 5.92 Å². The first-order chi connectivity index (χ1) is 16.1. The number of benzene rings is 3. The number of anilines is 1. The van der Waals surface area contributed by atoms with Gasteiger partial charge < -0.3 is 10.0 Å². The highest BCUT2D eigenvalue weighted by Gasteiger charge is 2.35. The fourth-order valence-electron chi connectivity index (χ4n) is 4.39. The van der Waals surface area contributed by atoms with Gasteiger partial charge in [0.25, 0.3) is 11.8 Å². The molecule has 1 N–H and O–H groups in total. The number of hydrogen-bond donors (Lipinski definition) is 1. The first-order valence-corrected chi connectivity index (χ1v) is 11.0. The summed E-state index contributed by atoms with van der Waals surface area (Å²) in [6.07, 6.45) is 0. The van der Waals surface area contributed by atoms with Crippen molar-refractivity contribution in [1.29, 1.82) is 0 Å². The molecule has 4 nitrogen and oxygen atoms in total. The van der Waals surface area contributed by atoms with Gasteiger partial charge in [0.15, 0.2) is 0 Å². The van der Waals surface area contributed by atoms with E-state index in [2.05, 4.69) is 0 Å². The molecule has 0 saturated carbocycles. The van der Waals surface area contributed by atoms with Crippen LogP contribution >= 0.6 is 0 Å². The molecule has 3 aromatic rings. The topological polar surface area (TPSA) is 57.6 Å². The Morgan fingerprint density at radius 3 is 2.26 bits per heavy atom. The average molecular weight is 462 g/mol. The number of fused-ring (bicyclic) bond motifs is 1. The Morgan fingerprint density at radius 2 is 1.65 bits per heavy atom. The van der Waals surface area contributed by atoms with Crippen molar-refractivity contribution in [3.8, 4) is 0 Å². The van der Waals surface area contributed by atoms with E-state index < -0.39 is 11.9 Å². The summed E-state index contributed by atoms with van der Waals surface area (Å²) < 4.78 is 27.5. The summed E-state index contributed by atoms with van der Waals surface area (Å²) in [5.74, 6) is -4.22. The molecule has 0 radical (unpaired) electrons. The zero-order chi connectivity index (χ0) is 24.6. The Hall–Kier alpha value is -3.80. The van der Waals surface area contributed by atoms with Gasteiger partial charge in [-0.15, -0.1) is 0 Å². The Bertz CT molecular complexity index is 1290. The van der Waals surface area contributed by atoms with Gasteiger partial charge in [0.2, 0.25) is 0 Å². The number of aromatic carboxylic acids is 1. The van der Waals surface area contributed by atoms with Crippen molar-refractivity contribution in [2.24, 2.45) is 5.92 Å². The highest BCUT2D eigenvalue weighted by Crippen LogP contribution is 2.44. The van der Waals surface area contributed by atoms with E-state index in [0.717, 1.165) is 29.3 Å². The van der Waals surface area contributed by atoms with Gasteiger partial charge in [0.1, 0.15) is 0 Å². The van der Waals surface area contributed by atoms with Crippen LogP contribution in [0.1, 0.15) is 53.4 Å². The molecule has 0 atom stereocenters. The van der Waals surface area contributed by atoms with E-state index in [0.29, 0.717) is 11.1 Å². The molecule has 6 heteroatoms. The number of rotatable bonds is 6. The quantitative estimate of drug-likeness (QED) is 0.420. The molecule has 0 aromatic heterocycles. The predicted octanol–water partition coefficient (Wildman–Crippen LogP) is 6.61. The van der Waals surface area contributed by atoms with Gasteiger partial charge in [0.05, 0.1) is 23.4 Å². The van der Waals surface area contributed by atoms with Crippen molar-refractivity contribution in [3.05, 3.63) is 101 Å². The number of amides is 1. The van der Waals surface area contributed by atoms with E-state index in [4.69, 9.17) is 0 Å². The number of carbonyl (C=O) groups excluding carboxylic acids is 1. The van der Waals surface area contributed by atoms with Crippen molar-refractivity contribution < 1.29 is 23.5 Å².